The Bertz CT molecular complexity index is 459. The lowest BCUT2D eigenvalue weighted by atomic mass is 10.1. The maximum atomic E-state index is 11.6. The minimum absolute atomic E-state index is 0.0984. The first kappa shape index (κ1) is 11.6. The summed E-state index contributed by atoms with van der Waals surface area (Å²) in [7, 11) is 0. The molecule has 1 saturated heterocycles. The van der Waals surface area contributed by atoms with Crippen LogP contribution < -0.4 is 0 Å². The molecule has 2 heterocycles. The first-order valence-electron chi connectivity index (χ1n) is 5.49. The Morgan fingerprint density at radius 3 is 2.94 bits per heavy atom. The molecule has 1 aromatic rings. The van der Waals surface area contributed by atoms with Crippen LogP contribution in [0.1, 0.15) is 17.8 Å². The average molecular weight is 234 g/mol. The van der Waals surface area contributed by atoms with Crippen LogP contribution in [0.3, 0.4) is 0 Å². The normalized spacial score (nSPS) is 19.7. The molecular weight excluding hydrogens is 220 g/mol. The largest absolute Gasteiger partial charge is 0.481 e. The van der Waals surface area contributed by atoms with Gasteiger partial charge in [-0.15, -0.1) is 0 Å². The lowest BCUT2D eigenvalue weighted by Gasteiger charge is -2.15. The zero-order valence-corrected chi connectivity index (χ0v) is 9.59. The van der Waals surface area contributed by atoms with Crippen molar-refractivity contribution in [2.45, 2.75) is 19.9 Å². The quantitative estimate of drug-likeness (QED) is 0.840. The summed E-state index contributed by atoms with van der Waals surface area (Å²) in [6.45, 7) is 2.56. The van der Waals surface area contributed by atoms with Gasteiger partial charge in [0.1, 0.15) is 0 Å². The number of nitrogens with zero attached hydrogens (tertiary/aromatic N) is 2. The number of hydrogen-bond acceptors (Lipinski definition) is 3. The van der Waals surface area contributed by atoms with Crippen molar-refractivity contribution in [1.29, 1.82) is 0 Å². The van der Waals surface area contributed by atoms with Crippen molar-refractivity contribution in [3.63, 3.8) is 0 Å². The van der Waals surface area contributed by atoms with Gasteiger partial charge < -0.3 is 10.0 Å². The van der Waals surface area contributed by atoms with Gasteiger partial charge in [0.2, 0.25) is 5.91 Å². The third-order valence-electron chi connectivity index (χ3n) is 2.86. The van der Waals surface area contributed by atoms with Gasteiger partial charge in [0, 0.05) is 18.7 Å². The molecule has 1 N–H and O–H groups in total. The number of aliphatic carboxylic acids is 1. The van der Waals surface area contributed by atoms with Gasteiger partial charge in [0.05, 0.1) is 18.2 Å². The van der Waals surface area contributed by atoms with Crippen molar-refractivity contribution in [2.75, 3.05) is 6.54 Å². The van der Waals surface area contributed by atoms with Gasteiger partial charge in [-0.05, 0) is 19.1 Å². The molecule has 1 aliphatic heterocycles. The molecule has 1 unspecified atom stereocenters. The molecule has 1 fully saturated rings. The second-order valence-electron chi connectivity index (χ2n) is 4.28. The molecule has 0 radical (unpaired) electrons. The lowest BCUT2D eigenvalue weighted by molar-refractivity contribution is -0.141. The summed E-state index contributed by atoms with van der Waals surface area (Å²) in [5.41, 5.74) is 1.69. The van der Waals surface area contributed by atoms with Crippen molar-refractivity contribution in [3.05, 3.63) is 29.6 Å². The standard InChI is InChI=1S/C12H14N2O3/c1-8-3-2-4-10(13-8)7-14-6-9(12(16)17)5-11(14)15/h2-4,9H,5-7H2,1H3,(H,16,17). The zero-order chi connectivity index (χ0) is 12.4. The Morgan fingerprint density at radius 2 is 2.35 bits per heavy atom. The van der Waals surface area contributed by atoms with Crippen molar-refractivity contribution >= 4 is 11.9 Å². The highest BCUT2D eigenvalue weighted by Gasteiger charge is 2.34. The number of pyridine rings is 1. The summed E-state index contributed by atoms with van der Waals surface area (Å²) in [5, 5.41) is 8.86. The van der Waals surface area contributed by atoms with Crippen LogP contribution in [0.5, 0.6) is 0 Å². The molecule has 90 valence electrons. The summed E-state index contributed by atoms with van der Waals surface area (Å²) < 4.78 is 0. The Morgan fingerprint density at radius 1 is 1.59 bits per heavy atom. The molecule has 1 amide bonds. The fourth-order valence-corrected chi connectivity index (χ4v) is 1.97. The predicted molar refractivity (Wildman–Crippen MR) is 60.1 cm³/mol. The maximum Gasteiger partial charge on any atom is 0.308 e. The predicted octanol–water partition coefficient (Wildman–Crippen LogP) is 0.823. The van der Waals surface area contributed by atoms with Gasteiger partial charge >= 0.3 is 5.97 Å². The second kappa shape index (κ2) is 4.53. The average Bonchev–Trinajstić information content (AvgIpc) is 2.61. The Balaban J connectivity index is 2.05. The summed E-state index contributed by atoms with van der Waals surface area (Å²) in [6.07, 6.45) is 0.0984. The summed E-state index contributed by atoms with van der Waals surface area (Å²) in [4.78, 5) is 28.3. The SMILES string of the molecule is Cc1cccc(CN2CC(C(=O)O)CC2=O)n1. The van der Waals surface area contributed by atoms with Crippen LogP contribution in [-0.4, -0.2) is 33.4 Å². The zero-order valence-electron chi connectivity index (χ0n) is 9.59. The molecule has 0 aliphatic carbocycles. The summed E-state index contributed by atoms with van der Waals surface area (Å²) in [5.74, 6) is -1.59. The number of likely N-dealkylation sites (tertiary alicyclic amines) is 1. The van der Waals surface area contributed by atoms with Crippen LogP contribution >= 0.6 is 0 Å². The molecule has 2 rings (SSSR count). The maximum absolute atomic E-state index is 11.6. The number of hydrogen-bond donors (Lipinski definition) is 1. The Hall–Kier alpha value is -1.91. The van der Waals surface area contributed by atoms with Crippen LogP contribution in [-0.2, 0) is 16.1 Å². The molecule has 0 bridgehead atoms. The van der Waals surface area contributed by atoms with E-state index in [0.29, 0.717) is 6.54 Å². The van der Waals surface area contributed by atoms with Crippen LogP contribution in [0.2, 0.25) is 0 Å². The molecule has 0 saturated carbocycles. The number of amides is 1. The van der Waals surface area contributed by atoms with E-state index in [2.05, 4.69) is 4.98 Å². The first-order chi connectivity index (χ1) is 8.06. The van der Waals surface area contributed by atoms with Gasteiger partial charge in [-0.2, -0.15) is 0 Å². The molecule has 1 atom stereocenters. The number of carbonyl (C=O) groups is 2. The van der Waals surface area contributed by atoms with Gasteiger partial charge in [-0.1, -0.05) is 6.07 Å². The van der Waals surface area contributed by atoms with Crippen molar-refractivity contribution in [1.82, 2.24) is 9.88 Å². The highest BCUT2D eigenvalue weighted by molar-refractivity contribution is 5.86. The van der Waals surface area contributed by atoms with E-state index in [1.807, 2.05) is 25.1 Å². The monoisotopic (exact) mass is 234 g/mol. The van der Waals surface area contributed by atoms with Crippen LogP contribution in [0.4, 0.5) is 0 Å². The fourth-order valence-electron chi connectivity index (χ4n) is 1.97. The third kappa shape index (κ3) is 2.61. The van der Waals surface area contributed by atoms with Crippen molar-refractivity contribution < 1.29 is 14.7 Å². The molecule has 1 aromatic heterocycles. The van der Waals surface area contributed by atoms with Gasteiger partial charge in [0.15, 0.2) is 0 Å². The number of carbonyl (C=O) groups excluding carboxylic acids is 1. The van der Waals surface area contributed by atoms with Crippen LogP contribution in [0.25, 0.3) is 0 Å². The third-order valence-corrected chi connectivity index (χ3v) is 2.86. The van der Waals surface area contributed by atoms with Crippen molar-refractivity contribution in [2.24, 2.45) is 5.92 Å². The van der Waals surface area contributed by atoms with E-state index >= 15 is 0 Å². The van der Waals surface area contributed by atoms with Gasteiger partial charge in [-0.25, -0.2) is 0 Å². The highest BCUT2D eigenvalue weighted by atomic mass is 16.4. The van der Waals surface area contributed by atoms with E-state index in [9.17, 15) is 9.59 Å². The van der Waals surface area contributed by atoms with Gasteiger partial charge in [0.25, 0.3) is 0 Å². The number of rotatable bonds is 3. The number of carboxylic acid groups (broad SMARTS) is 1. The van der Waals surface area contributed by atoms with E-state index in [4.69, 9.17) is 5.11 Å². The second-order valence-corrected chi connectivity index (χ2v) is 4.28. The molecule has 5 nitrogen and oxygen atoms in total. The van der Waals surface area contributed by atoms with E-state index in [-0.39, 0.29) is 18.9 Å². The fraction of sp³-hybridized carbons (Fsp3) is 0.417. The van der Waals surface area contributed by atoms with E-state index < -0.39 is 11.9 Å². The van der Waals surface area contributed by atoms with Crippen LogP contribution in [0.15, 0.2) is 18.2 Å². The molecule has 17 heavy (non-hydrogen) atoms. The number of aromatic nitrogens is 1. The first-order valence-corrected chi connectivity index (χ1v) is 5.49. The molecule has 0 spiro atoms. The number of carboxylic acids is 1. The van der Waals surface area contributed by atoms with Crippen LogP contribution in [0, 0.1) is 12.8 Å². The number of aryl methyl sites for hydroxylation is 1. The Labute approximate surface area is 99.1 Å². The van der Waals surface area contributed by atoms with E-state index in [0.717, 1.165) is 11.4 Å². The van der Waals surface area contributed by atoms with E-state index in [1.165, 1.54) is 0 Å². The lowest BCUT2D eigenvalue weighted by Crippen LogP contribution is -2.26. The Kier molecular flexibility index (Phi) is 3.08. The van der Waals surface area contributed by atoms with E-state index in [1.54, 1.807) is 4.90 Å². The summed E-state index contributed by atoms with van der Waals surface area (Å²) >= 11 is 0. The summed E-state index contributed by atoms with van der Waals surface area (Å²) in [6, 6.07) is 5.61. The van der Waals surface area contributed by atoms with Gasteiger partial charge in [-0.3, -0.25) is 14.6 Å². The topological polar surface area (TPSA) is 70.5 Å². The minimum atomic E-state index is -0.905. The molecular formula is C12H14N2O3. The molecule has 5 heteroatoms. The molecule has 0 aromatic carbocycles. The smallest absolute Gasteiger partial charge is 0.308 e. The minimum Gasteiger partial charge on any atom is -0.481 e. The molecule has 1 aliphatic rings. The highest BCUT2D eigenvalue weighted by Crippen LogP contribution is 2.19. The van der Waals surface area contributed by atoms with Crippen molar-refractivity contribution in [3.8, 4) is 0 Å².